The molecule has 3 aromatic carbocycles. The van der Waals surface area contributed by atoms with Crippen molar-refractivity contribution in [1.29, 1.82) is 0 Å². The highest BCUT2D eigenvalue weighted by Crippen LogP contribution is 2.35. The number of fused-ring (bicyclic) bond motifs is 2. The van der Waals surface area contributed by atoms with Crippen molar-refractivity contribution in [1.82, 2.24) is 30.0 Å². The highest BCUT2D eigenvalue weighted by molar-refractivity contribution is 6.31. The van der Waals surface area contributed by atoms with Gasteiger partial charge in [-0.3, -0.25) is 34.2 Å². The third-order valence-electron chi connectivity index (χ3n) is 10.4. The molecule has 0 bridgehead atoms. The maximum Gasteiger partial charge on any atom is 0.264 e. The lowest BCUT2D eigenvalue weighted by Crippen LogP contribution is -2.54. The lowest BCUT2D eigenvalue weighted by Gasteiger charge is -2.34. The van der Waals surface area contributed by atoms with Crippen LogP contribution in [0.4, 0.5) is 27.3 Å². The van der Waals surface area contributed by atoms with Crippen molar-refractivity contribution in [2.45, 2.75) is 38.1 Å². The van der Waals surface area contributed by atoms with Gasteiger partial charge in [0.1, 0.15) is 29.8 Å². The Hall–Kier alpha value is -5.97. The molecule has 0 spiro atoms. The first-order valence-electron chi connectivity index (χ1n) is 19.2. The van der Waals surface area contributed by atoms with Gasteiger partial charge in [-0.1, -0.05) is 24.2 Å². The summed E-state index contributed by atoms with van der Waals surface area (Å²) in [5, 5.41) is 12.1. The standard InChI is InChI=1S/C41H43ClFN9O6/c1-2-35(53)48-32-22-27-31(45-24-46-38(27)47-25-9-10-29(43)28(42)21-25)23-34(32)58-20-6-15-51-18-16-50(17-19-51)14-4-3-13-44-30-8-5-7-26-37(30)41(57)52(40(26)56)33-11-12-36(54)49-39(33)55/h2,5,7-10,21-24,33,44H,1,3-4,6,11-20H2,(H,48,53)(H,45,46,47)(H,49,54,55). The molecule has 3 aliphatic heterocycles. The molecule has 4 aromatic rings. The molecule has 2 saturated heterocycles. The van der Waals surface area contributed by atoms with E-state index in [0.717, 1.165) is 63.4 Å². The van der Waals surface area contributed by atoms with Gasteiger partial charge in [-0.2, -0.15) is 0 Å². The Morgan fingerprint density at radius 3 is 2.48 bits per heavy atom. The lowest BCUT2D eigenvalue weighted by molar-refractivity contribution is -0.136. The van der Waals surface area contributed by atoms with Gasteiger partial charge in [0.2, 0.25) is 17.7 Å². The Morgan fingerprint density at radius 1 is 0.966 bits per heavy atom. The maximum atomic E-state index is 13.7. The van der Waals surface area contributed by atoms with Crippen LogP contribution in [0.3, 0.4) is 0 Å². The third-order valence-corrected chi connectivity index (χ3v) is 10.7. The van der Waals surface area contributed by atoms with Gasteiger partial charge >= 0.3 is 0 Å². The number of unbranched alkanes of at least 4 members (excludes halogenated alkanes) is 1. The zero-order chi connectivity index (χ0) is 40.8. The number of carbonyl (C=O) groups is 5. The number of ether oxygens (including phenoxy) is 1. The van der Waals surface area contributed by atoms with Crippen molar-refractivity contribution < 1.29 is 33.1 Å². The van der Waals surface area contributed by atoms with Gasteiger partial charge in [-0.15, -0.1) is 0 Å². The molecule has 1 unspecified atom stereocenters. The van der Waals surface area contributed by atoms with E-state index >= 15 is 0 Å². The molecule has 0 radical (unpaired) electrons. The van der Waals surface area contributed by atoms with Gasteiger partial charge in [-0.25, -0.2) is 14.4 Å². The predicted molar refractivity (Wildman–Crippen MR) is 217 cm³/mol. The average molecular weight is 812 g/mol. The number of aromatic nitrogens is 2. The van der Waals surface area contributed by atoms with Crippen LogP contribution in [-0.2, 0) is 14.4 Å². The predicted octanol–water partition coefficient (Wildman–Crippen LogP) is 4.97. The number of carbonyl (C=O) groups excluding carboxylic acids is 5. The normalized spacial score (nSPS) is 17.3. The van der Waals surface area contributed by atoms with E-state index in [1.807, 2.05) is 0 Å². The van der Waals surface area contributed by atoms with E-state index in [2.05, 4.69) is 47.6 Å². The number of halogens is 2. The minimum absolute atomic E-state index is 0.0287. The van der Waals surface area contributed by atoms with Gasteiger partial charge in [0.15, 0.2) is 0 Å². The van der Waals surface area contributed by atoms with Crippen LogP contribution in [0.2, 0.25) is 5.02 Å². The lowest BCUT2D eigenvalue weighted by atomic mass is 10.0. The number of amides is 5. The fourth-order valence-electron chi connectivity index (χ4n) is 7.35. The van der Waals surface area contributed by atoms with Crippen molar-refractivity contribution in [2.24, 2.45) is 0 Å². The van der Waals surface area contributed by atoms with Crippen molar-refractivity contribution >= 4 is 74.9 Å². The summed E-state index contributed by atoms with van der Waals surface area (Å²) in [6, 6.07) is 11.8. The Labute approximate surface area is 338 Å². The molecular weight excluding hydrogens is 769 g/mol. The molecule has 1 atom stereocenters. The van der Waals surface area contributed by atoms with Crippen LogP contribution in [0.5, 0.6) is 5.75 Å². The van der Waals surface area contributed by atoms with E-state index in [-0.39, 0.29) is 29.0 Å². The second-order valence-corrected chi connectivity index (χ2v) is 14.6. The fraction of sp³-hybridized carbons (Fsp3) is 0.341. The number of benzene rings is 3. The van der Waals surface area contributed by atoms with E-state index in [1.165, 1.54) is 24.5 Å². The molecule has 2 fully saturated rings. The monoisotopic (exact) mass is 811 g/mol. The zero-order valence-corrected chi connectivity index (χ0v) is 32.4. The van der Waals surface area contributed by atoms with Crippen LogP contribution in [0.1, 0.15) is 52.8 Å². The second kappa shape index (κ2) is 18.1. The van der Waals surface area contributed by atoms with Crippen molar-refractivity contribution in [3.05, 3.63) is 89.5 Å². The van der Waals surface area contributed by atoms with Crippen LogP contribution < -0.4 is 26.0 Å². The van der Waals surface area contributed by atoms with Crippen molar-refractivity contribution in [3.8, 4) is 5.75 Å². The van der Waals surface area contributed by atoms with E-state index < -0.39 is 41.4 Å². The van der Waals surface area contributed by atoms with Gasteiger partial charge in [0.05, 0.1) is 34.0 Å². The maximum absolute atomic E-state index is 13.7. The number of hydrogen-bond donors (Lipinski definition) is 4. The zero-order valence-electron chi connectivity index (χ0n) is 31.7. The number of nitrogens with one attached hydrogen (secondary N) is 4. The molecule has 0 saturated carbocycles. The third kappa shape index (κ3) is 9.09. The van der Waals surface area contributed by atoms with E-state index in [4.69, 9.17) is 16.3 Å². The average Bonchev–Trinajstić information content (AvgIpc) is 3.47. The van der Waals surface area contributed by atoms with Gasteiger partial charge in [0, 0.05) is 68.5 Å². The molecular formula is C41H43ClFN9O6. The molecule has 15 nitrogen and oxygen atoms in total. The number of hydrogen-bond acceptors (Lipinski definition) is 12. The molecule has 17 heteroatoms. The highest BCUT2D eigenvalue weighted by Gasteiger charge is 2.45. The number of piperazine rings is 1. The molecule has 58 heavy (non-hydrogen) atoms. The summed E-state index contributed by atoms with van der Waals surface area (Å²) in [4.78, 5) is 77.4. The Bertz CT molecular complexity index is 2270. The first-order chi connectivity index (χ1) is 28.1. The summed E-state index contributed by atoms with van der Waals surface area (Å²) in [6.45, 7) is 10.1. The van der Waals surface area contributed by atoms with Crippen LogP contribution in [-0.4, -0.2) is 113 Å². The molecule has 3 aliphatic rings. The summed E-state index contributed by atoms with van der Waals surface area (Å²) >= 11 is 5.96. The van der Waals surface area contributed by atoms with Crippen LogP contribution in [0.15, 0.2) is 67.5 Å². The molecule has 4 heterocycles. The van der Waals surface area contributed by atoms with E-state index in [1.54, 1.807) is 36.4 Å². The number of rotatable bonds is 16. The minimum atomic E-state index is -0.999. The quantitative estimate of drug-likeness (QED) is 0.0680. The van der Waals surface area contributed by atoms with Crippen LogP contribution in [0, 0.1) is 5.82 Å². The topological polar surface area (TPSA) is 178 Å². The number of imide groups is 2. The van der Waals surface area contributed by atoms with Gasteiger partial charge in [-0.05, 0) is 74.7 Å². The molecule has 5 amide bonds. The van der Waals surface area contributed by atoms with E-state index in [9.17, 15) is 28.4 Å². The number of anilines is 4. The summed E-state index contributed by atoms with van der Waals surface area (Å²) in [7, 11) is 0. The van der Waals surface area contributed by atoms with Gasteiger partial charge < -0.3 is 30.5 Å². The van der Waals surface area contributed by atoms with Crippen molar-refractivity contribution in [3.63, 3.8) is 0 Å². The molecule has 7 rings (SSSR count). The van der Waals surface area contributed by atoms with Crippen molar-refractivity contribution in [2.75, 3.05) is 68.4 Å². The van der Waals surface area contributed by atoms with Gasteiger partial charge in [0.25, 0.3) is 11.8 Å². The number of piperidine rings is 1. The Morgan fingerprint density at radius 2 is 1.74 bits per heavy atom. The van der Waals surface area contributed by atoms with E-state index in [0.29, 0.717) is 52.7 Å². The molecule has 302 valence electrons. The molecule has 1 aromatic heterocycles. The second-order valence-electron chi connectivity index (χ2n) is 14.2. The summed E-state index contributed by atoms with van der Waals surface area (Å²) in [5.41, 5.74) is 2.64. The fourth-order valence-corrected chi connectivity index (χ4v) is 7.53. The first kappa shape index (κ1) is 40.2. The number of nitrogens with zero attached hydrogens (tertiary/aromatic N) is 5. The molecule has 4 N–H and O–H groups in total. The summed E-state index contributed by atoms with van der Waals surface area (Å²) in [6.07, 6.45) is 5.34. The first-order valence-corrected chi connectivity index (χ1v) is 19.6. The largest absolute Gasteiger partial charge is 0.491 e. The highest BCUT2D eigenvalue weighted by atomic mass is 35.5. The summed E-state index contributed by atoms with van der Waals surface area (Å²) < 4.78 is 19.9. The van der Waals surface area contributed by atoms with Crippen LogP contribution >= 0.6 is 11.6 Å². The Balaban J connectivity index is 0.844. The minimum Gasteiger partial charge on any atom is -0.491 e. The smallest absolute Gasteiger partial charge is 0.264 e. The SMILES string of the molecule is C=CC(=O)Nc1cc2c(Nc3ccc(F)c(Cl)c3)ncnc2cc1OCCCN1CCN(CCCCNc2cccc3c2C(=O)N(C2CCC(=O)NC2=O)C3=O)CC1. The summed E-state index contributed by atoms with van der Waals surface area (Å²) in [5.74, 6) is -2.11. The van der Waals surface area contributed by atoms with Crippen LogP contribution in [0.25, 0.3) is 10.9 Å². The molecule has 0 aliphatic carbocycles. The Kier molecular flexibility index (Phi) is 12.5.